The lowest BCUT2D eigenvalue weighted by molar-refractivity contribution is 0.599. The van der Waals surface area contributed by atoms with E-state index in [0.717, 1.165) is 16.9 Å². The molecule has 0 atom stereocenters. The minimum absolute atomic E-state index is 0.0172. The van der Waals surface area contributed by atoms with Gasteiger partial charge < -0.3 is 5.73 Å². The van der Waals surface area contributed by atoms with Gasteiger partial charge in [0.15, 0.2) is 9.84 Å². The molecule has 0 saturated carbocycles. The maximum absolute atomic E-state index is 12.2. The van der Waals surface area contributed by atoms with E-state index in [1.165, 1.54) is 0 Å². The monoisotopic (exact) mass is 306 g/mol. The summed E-state index contributed by atoms with van der Waals surface area (Å²) in [6, 6.07) is 9.40. The van der Waals surface area contributed by atoms with Crippen LogP contribution in [-0.2, 0) is 9.84 Å². The van der Waals surface area contributed by atoms with Crippen molar-refractivity contribution in [2.24, 2.45) is 0 Å². The van der Waals surface area contributed by atoms with Crippen molar-refractivity contribution in [3.8, 4) is 17.2 Å². The molecule has 4 nitrogen and oxygen atoms in total. The summed E-state index contributed by atoms with van der Waals surface area (Å²) >= 11 is 0.963. The lowest BCUT2D eigenvalue weighted by atomic mass is 10.0. The van der Waals surface area contributed by atoms with E-state index >= 15 is 0 Å². The predicted molar refractivity (Wildman–Crippen MR) is 81.3 cm³/mol. The maximum atomic E-state index is 12.2. The fraction of sp³-hybridized carbons (Fsp3) is 0.214. The number of anilines is 1. The summed E-state index contributed by atoms with van der Waals surface area (Å²) in [6.07, 6.45) is 0. The molecule has 0 spiro atoms. The Balaban J connectivity index is 2.80. The molecule has 0 saturated heterocycles. The third kappa shape index (κ3) is 2.42. The van der Waals surface area contributed by atoms with Gasteiger partial charge in [0.2, 0.25) is 0 Å². The van der Waals surface area contributed by atoms with E-state index < -0.39 is 9.84 Å². The van der Waals surface area contributed by atoms with Crippen LogP contribution in [0.4, 0.5) is 5.00 Å². The summed E-state index contributed by atoms with van der Waals surface area (Å²) in [5.41, 5.74) is 8.24. The van der Waals surface area contributed by atoms with Gasteiger partial charge in [0, 0.05) is 5.56 Å². The van der Waals surface area contributed by atoms with Gasteiger partial charge in [0.25, 0.3) is 0 Å². The number of nitrogen functional groups attached to an aromatic ring is 1. The number of benzene rings is 1. The first kappa shape index (κ1) is 14.6. The Bertz CT molecular complexity index is 782. The topological polar surface area (TPSA) is 83.9 Å². The van der Waals surface area contributed by atoms with E-state index in [1.807, 2.05) is 37.3 Å². The highest BCUT2D eigenvalue weighted by molar-refractivity contribution is 7.93. The lowest BCUT2D eigenvalue weighted by Gasteiger charge is -2.05. The smallest absolute Gasteiger partial charge is 0.188 e. The molecule has 0 aliphatic heterocycles. The van der Waals surface area contributed by atoms with Crippen molar-refractivity contribution in [3.63, 3.8) is 0 Å². The SMILES string of the molecule is CCS(=O)(=O)c1sc(N)c(C#N)c1-c1ccc(C)cc1. The molecule has 0 aliphatic rings. The van der Waals surface area contributed by atoms with Crippen molar-refractivity contribution in [1.82, 2.24) is 0 Å². The minimum atomic E-state index is -3.41. The third-order valence-corrected chi connectivity index (χ3v) is 6.37. The second kappa shape index (κ2) is 5.27. The molecule has 0 unspecified atom stereocenters. The van der Waals surface area contributed by atoms with E-state index in [1.54, 1.807) is 6.92 Å². The van der Waals surface area contributed by atoms with Crippen molar-refractivity contribution in [3.05, 3.63) is 35.4 Å². The van der Waals surface area contributed by atoms with Gasteiger partial charge in [-0.3, -0.25) is 0 Å². The molecular weight excluding hydrogens is 292 g/mol. The minimum Gasteiger partial charge on any atom is -0.389 e. The highest BCUT2D eigenvalue weighted by atomic mass is 32.2. The standard InChI is InChI=1S/C14H14N2O2S2/c1-3-20(17,18)14-12(11(8-15)13(16)19-14)10-6-4-9(2)5-7-10/h4-7H,3,16H2,1-2H3. The van der Waals surface area contributed by atoms with Gasteiger partial charge >= 0.3 is 0 Å². The van der Waals surface area contributed by atoms with Crippen LogP contribution in [0, 0.1) is 18.3 Å². The number of sulfone groups is 1. The fourth-order valence-electron chi connectivity index (χ4n) is 1.87. The Labute approximate surface area is 122 Å². The number of nitrogens with two attached hydrogens (primary N) is 1. The second-order valence-corrected chi connectivity index (χ2v) is 7.91. The number of nitriles is 1. The Hall–Kier alpha value is -1.84. The molecule has 6 heteroatoms. The van der Waals surface area contributed by atoms with Gasteiger partial charge in [0.05, 0.1) is 11.3 Å². The van der Waals surface area contributed by atoms with E-state index in [0.29, 0.717) is 11.1 Å². The molecule has 2 N–H and O–H groups in total. The van der Waals surface area contributed by atoms with E-state index in [-0.39, 0.29) is 20.5 Å². The Morgan fingerprint density at radius 1 is 1.30 bits per heavy atom. The first-order valence-electron chi connectivity index (χ1n) is 6.03. The average Bonchev–Trinajstić information content (AvgIpc) is 2.77. The molecule has 1 aromatic carbocycles. The highest BCUT2D eigenvalue weighted by Gasteiger charge is 2.26. The van der Waals surface area contributed by atoms with Crippen molar-refractivity contribution >= 4 is 26.2 Å². The summed E-state index contributed by atoms with van der Waals surface area (Å²) in [5, 5.41) is 9.49. The number of aryl methyl sites for hydroxylation is 1. The van der Waals surface area contributed by atoms with Crippen molar-refractivity contribution in [2.75, 3.05) is 11.5 Å². The van der Waals surface area contributed by atoms with Crippen LogP contribution in [0.5, 0.6) is 0 Å². The number of hydrogen-bond acceptors (Lipinski definition) is 5. The van der Waals surface area contributed by atoms with Gasteiger partial charge in [-0.15, -0.1) is 11.3 Å². The van der Waals surface area contributed by atoms with Crippen LogP contribution in [0.25, 0.3) is 11.1 Å². The van der Waals surface area contributed by atoms with Crippen LogP contribution in [0.1, 0.15) is 18.1 Å². The zero-order valence-corrected chi connectivity index (χ0v) is 12.8. The number of hydrogen-bond donors (Lipinski definition) is 1. The van der Waals surface area contributed by atoms with Gasteiger partial charge in [-0.05, 0) is 12.5 Å². The van der Waals surface area contributed by atoms with Crippen LogP contribution in [-0.4, -0.2) is 14.2 Å². The van der Waals surface area contributed by atoms with Gasteiger partial charge in [0.1, 0.15) is 15.3 Å². The fourth-order valence-corrected chi connectivity index (χ4v) is 4.57. The molecule has 1 aromatic heterocycles. The Morgan fingerprint density at radius 2 is 1.90 bits per heavy atom. The molecular formula is C14H14N2O2S2. The number of thiophene rings is 1. The summed E-state index contributed by atoms with van der Waals surface area (Å²) in [4.78, 5) is 0. The van der Waals surface area contributed by atoms with Crippen LogP contribution in [0.3, 0.4) is 0 Å². The lowest BCUT2D eigenvalue weighted by Crippen LogP contribution is -2.03. The van der Waals surface area contributed by atoms with Crippen molar-refractivity contribution in [2.45, 2.75) is 18.1 Å². The predicted octanol–water partition coefficient (Wildman–Crippen LogP) is 2.97. The molecule has 1 heterocycles. The summed E-state index contributed by atoms with van der Waals surface area (Å²) in [5.74, 6) is -0.0172. The molecule has 0 amide bonds. The number of nitrogens with zero attached hydrogens (tertiary/aromatic N) is 1. The molecule has 0 bridgehead atoms. The molecule has 0 radical (unpaired) electrons. The first-order valence-corrected chi connectivity index (χ1v) is 8.49. The molecule has 104 valence electrons. The third-order valence-electron chi connectivity index (χ3n) is 3.02. The van der Waals surface area contributed by atoms with Crippen molar-refractivity contribution in [1.29, 1.82) is 5.26 Å². The molecule has 0 fully saturated rings. The van der Waals surface area contributed by atoms with Crippen LogP contribution >= 0.6 is 11.3 Å². The van der Waals surface area contributed by atoms with E-state index in [9.17, 15) is 13.7 Å². The van der Waals surface area contributed by atoms with E-state index in [4.69, 9.17) is 5.73 Å². The van der Waals surface area contributed by atoms with Crippen LogP contribution in [0.2, 0.25) is 0 Å². The van der Waals surface area contributed by atoms with Crippen LogP contribution in [0.15, 0.2) is 28.5 Å². The molecule has 20 heavy (non-hydrogen) atoms. The number of rotatable bonds is 3. The average molecular weight is 306 g/mol. The summed E-state index contributed by atoms with van der Waals surface area (Å²) in [7, 11) is -3.41. The molecule has 2 rings (SSSR count). The summed E-state index contributed by atoms with van der Waals surface area (Å²) < 4.78 is 24.6. The Kier molecular flexibility index (Phi) is 3.84. The quantitative estimate of drug-likeness (QED) is 0.944. The Morgan fingerprint density at radius 3 is 2.40 bits per heavy atom. The summed E-state index contributed by atoms with van der Waals surface area (Å²) in [6.45, 7) is 3.52. The van der Waals surface area contributed by atoms with Gasteiger partial charge in [-0.25, -0.2) is 8.42 Å². The highest BCUT2D eigenvalue weighted by Crippen LogP contribution is 2.41. The zero-order chi connectivity index (χ0) is 14.9. The van der Waals surface area contributed by atoms with E-state index in [2.05, 4.69) is 0 Å². The van der Waals surface area contributed by atoms with Crippen LogP contribution < -0.4 is 5.73 Å². The second-order valence-electron chi connectivity index (χ2n) is 4.39. The van der Waals surface area contributed by atoms with Gasteiger partial charge in [-0.2, -0.15) is 5.26 Å². The normalized spacial score (nSPS) is 11.2. The molecule has 0 aliphatic carbocycles. The maximum Gasteiger partial charge on any atom is 0.188 e. The van der Waals surface area contributed by atoms with Gasteiger partial charge in [-0.1, -0.05) is 36.8 Å². The first-order chi connectivity index (χ1) is 9.40. The largest absolute Gasteiger partial charge is 0.389 e. The molecule has 2 aromatic rings. The zero-order valence-electron chi connectivity index (χ0n) is 11.2. The van der Waals surface area contributed by atoms with Crippen molar-refractivity contribution < 1.29 is 8.42 Å².